The Labute approximate surface area is 118 Å². The average Bonchev–Trinajstić information content (AvgIpc) is 2.77. The molecule has 2 aromatic rings. The van der Waals surface area contributed by atoms with Crippen molar-refractivity contribution in [2.45, 2.75) is 26.9 Å². The third-order valence-corrected chi connectivity index (χ3v) is 2.94. The number of nitrogens with one attached hydrogen (secondary N) is 1. The van der Waals surface area contributed by atoms with E-state index in [9.17, 15) is 4.79 Å². The summed E-state index contributed by atoms with van der Waals surface area (Å²) in [6.07, 6.45) is 0.762. The standard InChI is InChI=1S/C16H18N2O2/c1-11(2)16(19)20-10-15-17-12(3)14(18-15)9-13-7-5-4-6-8-13/h4-8H,1,9-10H2,2-3H3,(H,17,18). The number of hydrogen-bond donors (Lipinski definition) is 1. The molecule has 0 aliphatic heterocycles. The van der Waals surface area contributed by atoms with E-state index in [1.807, 2.05) is 25.1 Å². The number of imidazole rings is 1. The van der Waals surface area contributed by atoms with Crippen LogP contribution in [0.3, 0.4) is 0 Å². The van der Waals surface area contributed by atoms with Crippen molar-refractivity contribution in [2.75, 3.05) is 0 Å². The number of nitrogens with zero attached hydrogens (tertiary/aromatic N) is 1. The van der Waals surface area contributed by atoms with Crippen molar-refractivity contribution >= 4 is 5.97 Å². The molecule has 2 rings (SSSR count). The number of esters is 1. The van der Waals surface area contributed by atoms with Gasteiger partial charge in [0, 0.05) is 17.7 Å². The van der Waals surface area contributed by atoms with E-state index in [1.54, 1.807) is 6.92 Å². The molecule has 0 bridgehead atoms. The molecule has 0 fully saturated rings. The summed E-state index contributed by atoms with van der Waals surface area (Å²) < 4.78 is 5.08. The van der Waals surface area contributed by atoms with Crippen LogP contribution in [-0.2, 0) is 22.6 Å². The SMILES string of the molecule is C=C(C)C(=O)OCc1nc(Cc2ccccc2)c(C)[nH]1. The Kier molecular flexibility index (Phi) is 4.35. The monoisotopic (exact) mass is 270 g/mol. The highest BCUT2D eigenvalue weighted by molar-refractivity contribution is 5.86. The van der Waals surface area contributed by atoms with E-state index in [0.29, 0.717) is 11.4 Å². The third-order valence-electron chi connectivity index (χ3n) is 2.94. The number of benzene rings is 1. The fraction of sp³-hybridized carbons (Fsp3) is 0.250. The lowest BCUT2D eigenvalue weighted by Gasteiger charge is -2.01. The second-order valence-corrected chi connectivity index (χ2v) is 4.77. The number of aromatic nitrogens is 2. The number of carbonyl (C=O) groups is 1. The van der Waals surface area contributed by atoms with E-state index >= 15 is 0 Å². The van der Waals surface area contributed by atoms with Gasteiger partial charge >= 0.3 is 5.97 Å². The van der Waals surface area contributed by atoms with E-state index in [4.69, 9.17) is 4.74 Å². The van der Waals surface area contributed by atoms with Crippen LogP contribution in [-0.4, -0.2) is 15.9 Å². The van der Waals surface area contributed by atoms with Crippen molar-refractivity contribution in [2.24, 2.45) is 0 Å². The molecule has 4 heteroatoms. The highest BCUT2D eigenvalue weighted by Crippen LogP contribution is 2.12. The van der Waals surface area contributed by atoms with E-state index in [-0.39, 0.29) is 6.61 Å². The van der Waals surface area contributed by atoms with E-state index in [0.717, 1.165) is 17.8 Å². The molecule has 1 N–H and O–H groups in total. The molecule has 104 valence electrons. The van der Waals surface area contributed by atoms with Gasteiger partial charge in [0.25, 0.3) is 0 Å². The van der Waals surface area contributed by atoms with Gasteiger partial charge in [-0.3, -0.25) is 0 Å². The first-order chi connectivity index (χ1) is 9.56. The first kappa shape index (κ1) is 14.1. The van der Waals surface area contributed by atoms with Gasteiger partial charge in [-0.05, 0) is 19.4 Å². The Bertz CT molecular complexity index is 615. The van der Waals surface area contributed by atoms with Crippen LogP contribution in [0.4, 0.5) is 0 Å². The lowest BCUT2D eigenvalue weighted by molar-refractivity contribution is -0.140. The smallest absolute Gasteiger partial charge is 0.333 e. The van der Waals surface area contributed by atoms with Crippen LogP contribution in [0, 0.1) is 6.92 Å². The van der Waals surface area contributed by atoms with Crippen LogP contribution in [0.5, 0.6) is 0 Å². The van der Waals surface area contributed by atoms with Gasteiger partial charge < -0.3 is 9.72 Å². The van der Waals surface area contributed by atoms with Crippen molar-refractivity contribution in [1.82, 2.24) is 9.97 Å². The molecule has 1 aromatic carbocycles. The summed E-state index contributed by atoms with van der Waals surface area (Å²) in [5.74, 6) is 0.256. The molecule has 0 saturated carbocycles. The zero-order valence-electron chi connectivity index (χ0n) is 11.8. The summed E-state index contributed by atoms with van der Waals surface area (Å²) in [7, 11) is 0. The van der Waals surface area contributed by atoms with Crippen molar-refractivity contribution in [3.05, 3.63) is 65.3 Å². The van der Waals surface area contributed by atoms with Crippen LogP contribution in [0.2, 0.25) is 0 Å². The van der Waals surface area contributed by atoms with Crippen molar-refractivity contribution in [3.8, 4) is 0 Å². The molecule has 20 heavy (non-hydrogen) atoms. The molecule has 1 heterocycles. The molecule has 0 aliphatic rings. The average molecular weight is 270 g/mol. The van der Waals surface area contributed by atoms with Crippen molar-refractivity contribution < 1.29 is 9.53 Å². The number of hydrogen-bond acceptors (Lipinski definition) is 3. The molecule has 0 saturated heterocycles. The van der Waals surface area contributed by atoms with E-state index in [1.165, 1.54) is 5.56 Å². The highest BCUT2D eigenvalue weighted by atomic mass is 16.5. The molecule has 0 atom stereocenters. The molecule has 0 unspecified atom stereocenters. The van der Waals surface area contributed by atoms with Crippen molar-refractivity contribution in [3.63, 3.8) is 0 Å². The Hall–Kier alpha value is -2.36. The number of rotatable bonds is 5. The number of aromatic amines is 1. The Morgan fingerprint density at radius 1 is 1.35 bits per heavy atom. The fourth-order valence-corrected chi connectivity index (χ4v) is 1.85. The summed E-state index contributed by atoms with van der Waals surface area (Å²) in [6, 6.07) is 10.1. The summed E-state index contributed by atoms with van der Waals surface area (Å²) in [4.78, 5) is 19.0. The topological polar surface area (TPSA) is 55.0 Å². The highest BCUT2D eigenvalue weighted by Gasteiger charge is 2.10. The Balaban J connectivity index is 2.02. The van der Waals surface area contributed by atoms with Crippen LogP contribution < -0.4 is 0 Å². The molecule has 0 aliphatic carbocycles. The van der Waals surface area contributed by atoms with Gasteiger partial charge in [-0.1, -0.05) is 36.9 Å². The number of H-pyrrole nitrogens is 1. The van der Waals surface area contributed by atoms with Crippen LogP contribution in [0.15, 0.2) is 42.5 Å². The van der Waals surface area contributed by atoms with E-state index in [2.05, 4.69) is 28.7 Å². The molecule has 4 nitrogen and oxygen atoms in total. The zero-order valence-corrected chi connectivity index (χ0v) is 11.8. The van der Waals surface area contributed by atoms with Gasteiger partial charge in [0.1, 0.15) is 12.4 Å². The third kappa shape index (κ3) is 3.57. The summed E-state index contributed by atoms with van der Waals surface area (Å²) in [5, 5.41) is 0. The predicted octanol–water partition coefficient (Wildman–Crippen LogP) is 2.93. The summed E-state index contributed by atoms with van der Waals surface area (Å²) in [6.45, 7) is 7.27. The molecule has 0 radical (unpaired) electrons. The summed E-state index contributed by atoms with van der Waals surface area (Å²) >= 11 is 0. The Morgan fingerprint density at radius 3 is 2.70 bits per heavy atom. The zero-order chi connectivity index (χ0) is 14.5. The number of ether oxygens (including phenoxy) is 1. The second-order valence-electron chi connectivity index (χ2n) is 4.77. The fourth-order valence-electron chi connectivity index (χ4n) is 1.85. The van der Waals surface area contributed by atoms with Gasteiger partial charge in [-0.15, -0.1) is 0 Å². The van der Waals surface area contributed by atoms with Gasteiger partial charge in [-0.2, -0.15) is 0 Å². The first-order valence-electron chi connectivity index (χ1n) is 6.47. The molecule has 0 spiro atoms. The number of carbonyl (C=O) groups excluding carboxylic acids is 1. The molecule has 1 aromatic heterocycles. The predicted molar refractivity (Wildman–Crippen MR) is 77.2 cm³/mol. The summed E-state index contributed by atoms with van der Waals surface area (Å²) in [5.41, 5.74) is 3.55. The van der Waals surface area contributed by atoms with Crippen molar-refractivity contribution in [1.29, 1.82) is 0 Å². The largest absolute Gasteiger partial charge is 0.454 e. The lowest BCUT2D eigenvalue weighted by Crippen LogP contribution is -2.05. The molecular weight excluding hydrogens is 252 g/mol. The van der Waals surface area contributed by atoms with Crippen LogP contribution >= 0.6 is 0 Å². The first-order valence-corrected chi connectivity index (χ1v) is 6.47. The lowest BCUT2D eigenvalue weighted by atomic mass is 10.1. The van der Waals surface area contributed by atoms with Crippen LogP contribution in [0.1, 0.15) is 29.7 Å². The minimum atomic E-state index is -0.399. The second kappa shape index (κ2) is 6.19. The van der Waals surface area contributed by atoms with Gasteiger partial charge in [-0.25, -0.2) is 9.78 Å². The minimum absolute atomic E-state index is 0.140. The molecular formula is C16H18N2O2. The maximum Gasteiger partial charge on any atom is 0.333 e. The van der Waals surface area contributed by atoms with Crippen LogP contribution in [0.25, 0.3) is 0 Å². The maximum absolute atomic E-state index is 11.3. The quantitative estimate of drug-likeness (QED) is 0.671. The minimum Gasteiger partial charge on any atom is -0.454 e. The van der Waals surface area contributed by atoms with Gasteiger partial charge in [0.2, 0.25) is 0 Å². The van der Waals surface area contributed by atoms with Gasteiger partial charge in [0.15, 0.2) is 0 Å². The van der Waals surface area contributed by atoms with E-state index < -0.39 is 5.97 Å². The molecule has 0 amide bonds. The van der Waals surface area contributed by atoms with Gasteiger partial charge in [0.05, 0.1) is 5.69 Å². The maximum atomic E-state index is 11.3. The Morgan fingerprint density at radius 2 is 2.05 bits per heavy atom. The number of aryl methyl sites for hydroxylation is 1. The normalized spacial score (nSPS) is 10.3.